The molecule has 1 nitrogen and oxygen atoms in total. The molecule has 0 amide bonds. The van der Waals surface area contributed by atoms with Crippen molar-refractivity contribution < 1.29 is 0 Å². The lowest BCUT2D eigenvalue weighted by molar-refractivity contribution is 0.890. The lowest BCUT2D eigenvalue weighted by Gasteiger charge is -2.06. The van der Waals surface area contributed by atoms with Crippen LogP contribution in [-0.2, 0) is 12.8 Å². The van der Waals surface area contributed by atoms with Crippen LogP contribution in [-0.4, -0.2) is 4.98 Å². The predicted molar refractivity (Wildman–Crippen MR) is 70.1 cm³/mol. The topological polar surface area (TPSA) is 12.9 Å². The molecule has 0 unspecified atom stereocenters. The molecule has 0 atom stereocenters. The zero-order valence-electron chi connectivity index (χ0n) is 9.76. The Morgan fingerprint density at radius 1 is 1.19 bits per heavy atom. The Bertz CT molecular complexity index is 505. The number of aryl methyl sites for hydroxylation is 2. The van der Waals surface area contributed by atoms with Crippen LogP contribution >= 0.6 is 11.6 Å². The summed E-state index contributed by atoms with van der Waals surface area (Å²) >= 11 is 6.29. The van der Waals surface area contributed by atoms with Crippen molar-refractivity contribution in [1.29, 1.82) is 0 Å². The minimum atomic E-state index is 0.823. The molecule has 0 aliphatic carbocycles. The van der Waals surface area contributed by atoms with Crippen molar-refractivity contribution in [3.63, 3.8) is 0 Å². The maximum atomic E-state index is 6.29. The summed E-state index contributed by atoms with van der Waals surface area (Å²) in [5, 5.41) is 1.89. The minimum absolute atomic E-state index is 0.823. The summed E-state index contributed by atoms with van der Waals surface area (Å²) in [5.41, 5.74) is 3.40. The monoisotopic (exact) mass is 233 g/mol. The number of aromatic nitrogens is 1. The fraction of sp³-hybridized carbons (Fsp3) is 0.357. The number of nitrogens with zero attached hydrogens (tertiary/aromatic N) is 1. The van der Waals surface area contributed by atoms with E-state index in [9.17, 15) is 0 Å². The highest BCUT2D eigenvalue weighted by atomic mass is 35.5. The van der Waals surface area contributed by atoms with Gasteiger partial charge in [0.05, 0.1) is 10.5 Å². The average Bonchev–Trinajstić information content (AvgIpc) is 2.29. The molecule has 1 aromatic carbocycles. The van der Waals surface area contributed by atoms with E-state index in [1.807, 2.05) is 6.07 Å². The van der Waals surface area contributed by atoms with Crippen LogP contribution < -0.4 is 0 Å². The lowest BCUT2D eigenvalue weighted by atomic mass is 10.1. The van der Waals surface area contributed by atoms with Crippen molar-refractivity contribution in [2.45, 2.75) is 33.1 Å². The van der Waals surface area contributed by atoms with Crippen molar-refractivity contribution in [1.82, 2.24) is 4.98 Å². The first-order chi connectivity index (χ1) is 7.74. The number of halogens is 1. The first kappa shape index (κ1) is 11.4. The van der Waals surface area contributed by atoms with Crippen LogP contribution in [0.3, 0.4) is 0 Å². The second kappa shape index (κ2) is 4.84. The molecule has 0 N–H and O–H groups in total. The van der Waals surface area contributed by atoms with Crippen molar-refractivity contribution in [2.75, 3.05) is 0 Å². The maximum absolute atomic E-state index is 6.29. The minimum Gasteiger partial charge on any atom is -0.253 e. The van der Waals surface area contributed by atoms with Crippen LogP contribution in [0.15, 0.2) is 24.3 Å². The van der Waals surface area contributed by atoms with Gasteiger partial charge in [0, 0.05) is 11.1 Å². The van der Waals surface area contributed by atoms with E-state index in [1.54, 1.807) is 0 Å². The van der Waals surface area contributed by atoms with Crippen LogP contribution in [0, 0.1) is 0 Å². The Morgan fingerprint density at radius 3 is 2.69 bits per heavy atom. The zero-order chi connectivity index (χ0) is 11.5. The highest BCUT2D eigenvalue weighted by Crippen LogP contribution is 2.24. The molecule has 0 bridgehead atoms. The standard InChI is InChI=1S/C14H16ClN/c1-3-5-11-9-13(15)12-8-10(4-2)6-7-14(12)16-11/h6-9H,3-5H2,1-2H3. The molecule has 0 aliphatic rings. The number of pyridine rings is 1. The smallest absolute Gasteiger partial charge is 0.0720 e. The Hall–Kier alpha value is -1.08. The van der Waals surface area contributed by atoms with Crippen LogP contribution in [0.2, 0.25) is 5.02 Å². The summed E-state index contributed by atoms with van der Waals surface area (Å²) in [6, 6.07) is 8.33. The molecule has 1 heterocycles. The summed E-state index contributed by atoms with van der Waals surface area (Å²) in [7, 11) is 0. The zero-order valence-corrected chi connectivity index (χ0v) is 10.5. The summed E-state index contributed by atoms with van der Waals surface area (Å²) in [6.45, 7) is 4.30. The summed E-state index contributed by atoms with van der Waals surface area (Å²) < 4.78 is 0. The Labute approximate surface area is 101 Å². The normalized spacial score (nSPS) is 10.9. The third-order valence-electron chi connectivity index (χ3n) is 2.79. The van der Waals surface area contributed by atoms with Crippen molar-refractivity contribution in [3.8, 4) is 0 Å². The second-order valence-electron chi connectivity index (χ2n) is 4.05. The van der Waals surface area contributed by atoms with Gasteiger partial charge in [-0.1, -0.05) is 37.9 Å². The van der Waals surface area contributed by atoms with Gasteiger partial charge >= 0.3 is 0 Å². The molecule has 0 spiro atoms. The van der Waals surface area contributed by atoms with Crippen molar-refractivity contribution >= 4 is 22.5 Å². The van der Waals surface area contributed by atoms with Gasteiger partial charge in [0.1, 0.15) is 0 Å². The summed E-state index contributed by atoms with van der Waals surface area (Å²) in [5.74, 6) is 0. The molecule has 1 aromatic heterocycles. The molecule has 0 saturated heterocycles. The molecule has 84 valence electrons. The maximum Gasteiger partial charge on any atom is 0.0720 e. The van der Waals surface area contributed by atoms with Gasteiger partial charge in [-0.15, -0.1) is 0 Å². The molecule has 2 heteroatoms. The van der Waals surface area contributed by atoms with Gasteiger partial charge in [0.2, 0.25) is 0 Å². The molecule has 0 saturated carbocycles. The lowest BCUT2D eigenvalue weighted by Crippen LogP contribution is -1.91. The van der Waals surface area contributed by atoms with Crippen LogP contribution in [0.5, 0.6) is 0 Å². The van der Waals surface area contributed by atoms with Gasteiger partial charge in [-0.2, -0.15) is 0 Å². The fourth-order valence-corrected chi connectivity index (χ4v) is 2.16. The summed E-state index contributed by atoms with van der Waals surface area (Å²) in [4.78, 5) is 4.62. The molecular formula is C14H16ClN. The first-order valence-corrected chi connectivity index (χ1v) is 6.20. The molecule has 0 aliphatic heterocycles. The SMILES string of the molecule is CCCc1cc(Cl)c2cc(CC)ccc2n1. The van der Waals surface area contributed by atoms with Gasteiger partial charge in [0.15, 0.2) is 0 Å². The molecule has 0 fully saturated rings. The molecule has 2 rings (SSSR count). The molecule has 0 radical (unpaired) electrons. The highest BCUT2D eigenvalue weighted by Gasteiger charge is 2.04. The van der Waals surface area contributed by atoms with Gasteiger partial charge in [0.25, 0.3) is 0 Å². The Morgan fingerprint density at radius 2 is 2.00 bits per heavy atom. The molecule has 2 aromatic rings. The van der Waals surface area contributed by atoms with E-state index in [4.69, 9.17) is 11.6 Å². The van der Waals surface area contributed by atoms with E-state index in [0.29, 0.717) is 0 Å². The third-order valence-corrected chi connectivity index (χ3v) is 3.10. The third kappa shape index (κ3) is 2.19. The highest BCUT2D eigenvalue weighted by molar-refractivity contribution is 6.35. The second-order valence-corrected chi connectivity index (χ2v) is 4.46. The number of fused-ring (bicyclic) bond motifs is 1. The van der Waals surface area contributed by atoms with Gasteiger partial charge in [-0.3, -0.25) is 4.98 Å². The average molecular weight is 234 g/mol. The fourth-order valence-electron chi connectivity index (χ4n) is 1.89. The Balaban J connectivity index is 2.57. The summed E-state index contributed by atoms with van der Waals surface area (Å²) in [6.07, 6.45) is 3.12. The van der Waals surface area contributed by atoms with Crippen LogP contribution in [0.1, 0.15) is 31.5 Å². The number of hydrogen-bond donors (Lipinski definition) is 0. The molecule has 16 heavy (non-hydrogen) atoms. The van der Waals surface area contributed by atoms with E-state index in [0.717, 1.165) is 40.9 Å². The van der Waals surface area contributed by atoms with Gasteiger partial charge in [-0.05, 0) is 36.6 Å². The van der Waals surface area contributed by atoms with E-state index in [2.05, 4.69) is 37.0 Å². The number of hydrogen-bond acceptors (Lipinski definition) is 1. The van der Waals surface area contributed by atoms with E-state index >= 15 is 0 Å². The number of benzene rings is 1. The van der Waals surface area contributed by atoms with Gasteiger partial charge < -0.3 is 0 Å². The van der Waals surface area contributed by atoms with Crippen molar-refractivity contribution in [2.24, 2.45) is 0 Å². The van der Waals surface area contributed by atoms with Crippen LogP contribution in [0.25, 0.3) is 10.9 Å². The largest absolute Gasteiger partial charge is 0.253 e. The van der Waals surface area contributed by atoms with E-state index in [1.165, 1.54) is 5.56 Å². The molecular weight excluding hydrogens is 218 g/mol. The Kier molecular flexibility index (Phi) is 3.45. The van der Waals surface area contributed by atoms with Crippen LogP contribution in [0.4, 0.5) is 0 Å². The predicted octanol–water partition coefficient (Wildman–Crippen LogP) is 4.40. The number of rotatable bonds is 3. The van der Waals surface area contributed by atoms with Gasteiger partial charge in [-0.25, -0.2) is 0 Å². The quantitative estimate of drug-likeness (QED) is 0.766. The van der Waals surface area contributed by atoms with E-state index < -0.39 is 0 Å². The van der Waals surface area contributed by atoms with Crippen molar-refractivity contribution in [3.05, 3.63) is 40.5 Å². The van der Waals surface area contributed by atoms with E-state index in [-0.39, 0.29) is 0 Å². The first-order valence-electron chi connectivity index (χ1n) is 5.82.